The van der Waals surface area contributed by atoms with Gasteiger partial charge in [0.05, 0.1) is 48.0 Å². The molecule has 4 aromatic heterocycles. The monoisotopic (exact) mass is 735 g/mol. The Kier molecular flexibility index (Phi) is 12.2. The maximum atomic E-state index is 9.68. The zero-order chi connectivity index (χ0) is 36.5. The Hall–Kier alpha value is -5.22. The van der Waals surface area contributed by atoms with Gasteiger partial charge in [-0.2, -0.15) is 0 Å². The smallest absolute Gasteiger partial charge is 0.218 e. The molecule has 0 unspecified atom stereocenters. The van der Waals surface area contributed by atoms with Crippen molar-refractivity contribution in [3.8, 4) is 56.9 Å². The second-order valence-corrected chi connectivity index (χ2v) is 13.1. The van der Waals surface area contributed by atoms with E-state index >= 15 is 0 Å². The lowest BCUT2D eigenvalue weighted by Crippen LogP contribution is -2.17. The zero-order valence-corrected chi connectivity index (χ0v) is 30.5. The topological polar surface area (TPSA) is 123 Å². The summed E-state index contributed by atoms with van der Waals surface area (Å²) in [7, 11) is 3.23. The largest absolute Gasteiger partial charge is 0.506 e. The number of nitrogens with zero attached hydrogens (tertiary/aromatic N) is 4. The number of aryl methyl sites for hydroxylation is 2. The molecular formula is C41H39Cl2N5O4. The summed E-state index contributed by atoms with van der Waals surface area (Å²) in [5, 5.41) is 23.8. The summed E-state index contributed by atoms with van der Waals surface area (Å²) in [6.45, 7) is 1.24. The van der Waals surface area contributed by atoms with Crippen molar-refractivity contribution in [3.05, 3.63) is 130 Å². The van der Waals surface area contributed by atoms with Crippen molar-refractivity contribution < 1.29 is 19.7 Å². The van der Waals surface area contributed by atoms with Gasteiger partial charge in [0.2, 0.25) is 11.8 Å². The van der Waals surface area contributed by atoms with Crippen molar-refractivity contribution in [1.29, 1.82) is 0 Å². The van der Waals surface area contributed by atoms with Crippen LogP contribution >= 0.6 is 23.2 Å². The Morgan fingerprint density at radius 2 is 1.10 bits per heavy atom. The predicted octanol–water partition coefficient (Wildman–Crippen LogP) is 8.90. The van der Waals surface area contributed by atoms with E-state index in [-0.39, 0.29) is 11.5 Å². The van der Waals surface area contributed by atoms with Crippen molar-refractivity contribution in [2.45, 2.75) is 38.6 Å². The molecule has 0 aliphatic rings. The maximum absolute atomic E-state index is 9.68. The number of halogens is 2. The first kappa shape index (κ1) is 36.6. The molecule has 0 spiro atoms. The molecule has 0 saturated carbocycles. The molecule has 52 heavy (non-hydrogen) atoms. The number of aromatic nitrogens is 4. The van der Waals surface area contributed by atoms with E-state index in [0.29, 0.717) is 46.3 Å². The van der Waals surface area contributed by atoms with Gasteiger partial charge >= 0.3 is 0 Å². The van der Waals surface area contributed by atoms with E-state index in [4.69, 9.17) is 42.6 Å². The van der Waals surface area contributed by atoms with E-state index in [1.165, 1.54) is 12.4 Å². The quantitative estimate of drug-likeness (QED) is 0.0888. The Morgan fingerprint density at radius 3 is 1.65 bits per heavy atom. The van der Waals surface area contributed by atoms with Crippen LogP contribution in [0.15, 0.2) is 97.6 Å². The van der Waals surface area contributed by atoms with Crippen LogP contribution in [0, 0.1) is 0 Å². The number of methoxy groups -OCH3 is 2. The second kappa shape index (κ2) is 17.3. The number of benzene rings is 2. The number of hydrogen-bond acceptors (Lipinski definition) is 9. The van der Waals surface area contributed by atoms with E-state index in [1.54, 1.807) is 38.7 Å². The summed E-state index contributed by atoms with van der Waals surface area (Å²) in [6, 6.07) is 23.0. The van der Waals surface area contributed by atoms with E-state index in [0.717, 1.165) is 76.6 Å². The van der Waals surface area contributed by atoms with Gasteiger partial charge in [-0.05, 0) is 74.0 Å². The predicted molar refractivity (Wildman–Crippen MR) is 205 cm³/mol. The highest BCUT2D eigenvalue weighted by molar-refractivity contribution is 6.39. The SMILES string of the molecule is COc1nc(-c2cccc(-c3cccc(-c4ccc(CNCCc5cncc(O)c5)c(OC)n4)c3Cl)c2Cl)ccc1CCCCc1cncc(O)c1. The summed E-state index contributed by atoms with van der Waals surface area (Å²) in [4.78, 5) is 17.7. The van der Waals surface area contributed by atoms with Gasteiger partial charge in [-0.3, -0.25) is 9.97 Å². The van der Waals surface area contributed by atoms with Crippen molar-refractivity contribution in [3.63, 3.8) is 0 Å². The molecule has 0 aliphatic heterocycles. The molecule has 6 rings (SSSR count). The molecule has 9 nitrogen and oxygen atoms in total. The molecule has 2 aromatic carbocycles. The summed E-state index contributed by atoms with van der Waals surface area (Å²) in [6.07, 6.45) is 10.6. The van der Waals surface area contributed by atoms with Crippen LogP contribution in [0.3, 0.4) is 0 Å². The van der Waals surface area contributed by atoms with Gasteiger partial charge < -0.3 is 25.0 Å². The average Bonchev–Trinajstić information content (AvgIpc) is 3.15. The lowest BCUT2D eigenvalue weighted by atomic mass is 9.97. The third kappa shape index (κ3) is 8.80. The number of ether oxygens (including phenoxy) is 2. The highest BCUT2D eigenvalue weighted by Crippen LogP contribution is 2.42. The lowest BCUT2D eigenvalue weighted by Gasteiger charge is -2.15. The maximum Gasteiger partial charge on any atom is 0.218 e. The minimum atomic E-state index is 0.156. The van der Waals surface area contributed by atoms with E-state index in [9.17, 15) is 10.2 Å². The molecule has 0 amide bonds. The van der Waals surface area contributed by atoms with Crippen molar-refractivity contribution in [2.24, 2.45) is 0 Å². The molecule has 4 heterocycles. The third-order valence-corrected chi connectivity index (χ3v) is 9.55. The molecule has 0 bridgehead atoms. The number of nitrogens with one attached hydrogen (secondary N) is 1. The average molecular weight is 737 g/mol. The number of hydrogen-bond donors (Lipinski definition) is 3. The number of rotatable bonds is 15. The van der Waals surface area contributed by atoms with Gasteiger partial charge in [0.25, 0.3) is 0 Å². The zero-order valence-electron chi connectivity index (χ0n) is 28.9. The summed E-state index contributed by atoms with van der Waals surface area (Å²) in [5.41, 5.74) is 8.29. The second-order valence-electron chi connectivity index (χ2n) is 12.3. The Labute approximate surface area is 313 Å². The first-order valence-corrected chi connectivity index (χ1v) is 17.7. The van der Waals surface area contributed by atoms with Crippen molar-refractivity contribution in [2.75, 3.05) is 20.8 Å². The van der Waals surface area contributed by atoms with Crippen LogP contribution in [0.1, 0.15) is 35.1 Å². The highest BCUT2D eigenvalue weighted by atomic mass is 35.5. The first-order valence-electron chi connectivity index (χ1n) is 17.0. The fraction of sp³-hybridized carbons (Fsp3) is 0.220. The molecule has 0 aliphatic carbocycles. The van der Waals surface area contributed by atoms with Gasteiger partial charge in [0.15, 0.2) is 0 Å². The highest BCUT2D eigenvalue weighted by Gasteiger charge is 2.18. The van der Waals surface area contributed by atoms with Gasteiger partial charge in [-0.1, -0.05) is 71.7 Å². The molecule has 0 saturated heterocycles. The van der Waals surface area contributed by atoms with Gasteiger partial charge in [0, 0.05) is 52.3 Å². The number of unbranched alkanes of at least 4 members (excludes halogenated alkanes) is 1. The summed E-state index contributed by atoms with van der Waals surface area (Å²) < 4.78 is 11.4. The fourth-order valence-electron chi connectivity index (χ4n) is 6.11. The van der Waals surface area contributed by atoms with Crippen LogP contribution in [0.4, 0.5) is 0 Å². The molecular weight excluding hydrogens is 697 g/mol. The Bertz CT molecular complexity index is 2010. The molecule has 0 fully saturated rings. The Balaban J connectivity index is 1.17. The molecule has 6 aromatic rings. The van der Waals surface area contributed by atoms with Crippen LogP contribution in [0.2, 0.25) is 10.0 Å². The van der Waals surface area contributed by atoms with Gasteiger partial charge in [-0.25, -0.2) is 9.97 Å². The normalized spacial score (nSPS) is 11.1. The van der Waals surface area contributed by atoms with Crippen LogP contribution in [-0.4, -0.2) is 50.9 Å². The molecule has 3 N–H and O–H groups in total. The minimum absolute atomic E-state index is 0.156. The van der Waals surface area contributed by atoms with Crippen molar-refractivity contribution in [1.82, 2.24) is 25.3 Å². The number of aromatic hydroxyl groups is 2. The fourth-order valence-corrected chi connectivity index (χ4v) is 6.76. The summed E-state index contributed by atoms with van der Waals surface area (Å²) >= 11 is 14.2. The van der Waals surface area contributed by atoms with Crippen LogP contribution in [0.25, 0.3) is 33.6 Å². The number of pyridine rings is 4. The van der Waals surface area contributed by atoms with Crippen LogP contribution in [0.5, 0.6) is 23.3 Å². The van der Waals surface area contributed by atoms with Gasteiger partial charge in [-0.15, -0.1) is 0 Å². The standard InChI is InChI=1S/C41H39Cl2N5O4/c1-51-40-28(8-4-3-7-26-19-30(49)24-45-21-26)13-15-36(47-40)34-11-5-9-32(38(34)42)33-10-6-12-35(39(33)43)37-16-14-29(41(48-37)52-2)23-44-18-17-27-20-31(50)25-46-22-27/h5-6,9-16,19-22,24-25,44,49-50H,3-4,7-8,17-18,23H2,1-2H3. The van der Waals surface area contributed by atoms with Crippen LogP contribution < -0.4 is 14.8 Å². The molecule has 0 radical (unpaired) electrons. The summed E-state index contributed by atoms with van der Waals surface area (Å²) in [5.74, 6) is 1.40. The molecule has 11 heteroatoms. The van der Waals surface area contributed by atoms with Crippen molar-refractivity contribution >= 4 is 23.2 Å². The van der Waals surface area contributed by atoms with E-state index in [2.05, 4.69) is 15.3 Å². The Morgan fingerprint density at radius 1 is 0.596 bits per heavy atom. The van der Waals surface area contributed by atoms with E-state index < -0.39 is 0 Å². The lowest BCUT2D eigenvalue weighted by molar-refractivity contribution is 0.391. The third-order valence-electron chi connectivity index (χ3n) is 8.73. The van der Waals surface area contributed by atoms with E-state index in [1.807, 2.05) is 60.7 Å². The molecule has 266 valence electrons. The molecule has 0 atom stereocenters. The van der Waals surface area contributed by atoms with Gasteiger partial charge in [0.1, 0.15) is 11.5 Å². The van der Waals surface area contributed by atoms with Crippen LogP contribution in [-0.2, 0) is 25.8 Å². The first-order chi connectivity index (χ1) is 25.3. The minimum Gasteiger partial charge on any atom is -0.506 e.